The standard InChI is InChI=1S/C26H31NO3S/c1-19(2)31(29,30)18-21-7-11-23(12-8-21)26(28)17-20-9-13-24(14-10-20)27-16-15-22-5-3-4-6-25(22)27/h3-6,9-10,13-16,19,21,23H,7-8,11-12,17-18H2,1-2H3. The highest BCUT2D eigenvalue weighted by molar-refractivity contribution is 7.91. The summed E-state index contributed by atoms with van der Waals surface area (Å²) in [6, 6.07) is 18.6. The van der Waals surface area contributed by atoms with Crippen LogP contribution in [0.25, 0.3) is 16.6 Å². The van der Waals surface area contributed by atoms with Crippen molar-refractivity contribution < 1.29 is 13.2 Å². The fourth-order valence-corrected chi connectivity index (χ4v) is 5.98. The molecule has 164 valence electrons. The number of rotatable bonds is 7. The molecule has 5 heteroatoms. The second-order valence-electron chi connectivity index (χ2n) is 9.15. The van der Waals surface area contributed by atoms with Crippen LogP contribution >= 0.6 is 0 Å². The average Bonchev–Trinajstić information content (AvgIpc) is 3.18. The third-order valence-corrected chi connectivity index (χ3v) is 9.05. The number of nitrogens with zero attached hydrogens (tertiary/aromatic N) is 1. The molecule has 1 fully saturated rings. The molecular formula is C26H31NO3S. The van der Waals surface area contributed by atoms with E-state index in [2.05, 4.69) is 41.1 Å². The number of Topliss-reactive ketones (excluding diaryl/α,β-unsaturated/α-hetero) is 1. The summed E-state index contributed by atoms with van der Waals surface area (Å²) in [4.78, 5) is 12.8. The summed E-state index contributed by atoms with van der Waals surface area (Å²) in [5.41, 5.74) is 3.29. The van der Waals surface area contributed by atoms with Gasteiger partial charge in [0.2, 0.25) is 0 Å². The van der Waals surface area contributed by atoms with Crippen molar-refractivity contribution in [3.8, 4) is 5.69 Å². The van der Waals surface area contributed by atoms with Gasteiger partial charge in [-0.2, -0.15) is 0 Å². The molecule has 0 saturated heterocycles. The van der Waals surface area contributed by atoms with E-state index in [9.17, 15) is 13.2 Å². The van der Waals surface area contributed by atoms with Crippen molar-refractivity contribution in [2.75, 3.05) is 5.75 Å². The Morgan fingerprint density at radius 2 is 1.65 bits per heavy atom. The zero-order valence-corrected chi connectivity index (χ0v) is 19.1. The van der Waals surface area contributed by atoms with E-state index in [0.717, 1.165) is 36.9 Å². The van der Waals surface area contributed by atoms with Gasteiger partial charge >= 0.3 is 0 Å². The molecule has 31 heavy (non-hydrogen) atoms. The van der Waals surface area contributed by atoms with Gasteiger partial charge in [-0.15, -0.1) is 0 Å². The lowest BCUT2D eigenvalue weighted by Crippen LogP contribution is -2.29. The van der Waals surface area contributed by atoms with Crippen molar-refractivity contribution in [1.82, 2.24) is 4.57 Å². The first kappa shape index (κ1) is 21.8. The van der Waals surface area contributed by atoms with Crippen LogP contribution in [-0.2, 0) is 21.1 Å². The minimum Gasteiger partial charge on any atom is -0.317 e. The quantitative estimate of drug-likeness (QED) is 0.499. The van der Waals surface area contributed by atoms with Crippen LogP contribution in [-0.4, -0.2) is 29.8 Å². The predicted octanol–water partition coefficient (Wildman–Crippen LogP) is 5.37. The minimum absolute atomic E-state index is 0.0612. The molecule has 2 aromatic carbocycles. The van der Waals surface area contributed by atoms with Crippen LogP contribution in [0.15, 0.2) is 60.8 Å². The lowest BCUT2D eigenvalue weighted by atomic mass is 9.79. The SMILES string of the molecule is CC(C)S(=O)(=O)CC1CCC(C(=O)Cc2ccc(-n3ccc4ccccc43)cc2)CC1. The van der Waals surface area contributed by atoms with Gasteiger partial charge in [-0.1, -0.05) is 30.3 Å². The van der Waals surface area contributed by atoms with Gasteiger partial charge in [-0.25, -0.2) is 8.42 Å². The molecule has 3 aromatic rings. The van der Waals surface area contributed by atoms with Crippen molar-refractivity contribution >= 4 is 26.5 Å². The maximum Gasteiger partial charge on any atom is 0.152 e. The van der Waals surface area contributed by atoms with Gasteiger partial charge in [-0.3, -0.25) is 4.79 Å². The molecule has 0 atom stereocenters. The van der Waals surface area contributed by atoms with Crippen LogP contribution in [0.4, 0.5) is 0 Å². The highest BCUT2D eigenvalue weighted by Gasteiger charge is 2.29. The Bertz CT molecular complexity index is 1150. The first-order valence-corrected chi connectivity index (χ1v) is 12.9. The average molecular weight is 438 g/mol. The number of carbonyl (C=O) groups excluding carboxylic acids is 1. The molecule has 0 radical (unpaired) electrons. The third-order valence-electron chi connectivity index (χ3n) is 6.68. The zero-order chi connectivity index (χ0) is 22.0. The molecule has 0 unspecified atom stereocenters. The summed E-state index contributed by atoms with van der Waals surface area (Å²) < 4.78 is 26.5. The molecule has 1 heterocycles. The van der Waals surface area contributed by atoms with Crippen LogP contribution in [0.1, 0.15) is 45.1 Å². The Morgan fingerprint density at radius 1 is 0.968 bits per heavy atom. The van der Waals surface area contributed by atoms with E-state index in [0.29, 0.717) is 6.42 Å². The topological polar surface area (TPSA) is 56.1 Å². The van der Waals surface area contributed by atoms with Crippen molar-refractivity contribution in [3.05, 3.63) is 66.4 Å². The Labute approximate surface area is 185 Å². The monoisotopic (exact) mass is 437 g/mol. The molecule has 1 saturated carbocycles. The van der Waals surface area contributed by atoms with Crippen molar-refractivity contribution in [1.29, 1.82) is 0 Å². The number of hydrogen-bond acceptors (Lipinski definition) is 3. The maximum absolute atomic E-state index is 12.8. The van der Waals surface area contributed by atoms with Gasteiger partial charge in [0.15, 0.2) is 9.84 Å². The fourth-order valence-electron chi connectivity index (χ4n) is 4.60. The van der Waals surface area contributed by atoms with Gasteiger partial charge < -0.3 is 4.57 Å². The Hall–Kier alpha value is -2.40. The van der Waals surface area contributed by atoms with E-state index in [-0.39, 0.29) is 28.6 Å². The Morgan fingerprint density at radius 3 is 2.32 bits per heavy atom. The van der Waals surface area contributed by atoms with Gasteiger partial charge in [0, 0.05) is 24.2 Å². The first-order valence-electron chi connectivity index (χ1n) is 11.2. The van der Waals surface area contributed by atoms with E-state index in [4.69, 9.17) is 0 Å². The summed E-state index contributed by atoms with van der Waals surface area (Å²) in [6.45, 7) is 3.49. The number of carbonyl (C=O) groups is 1. The summed E-state index contributed by atoms with van der Waals surface area (Å²) >= 11 is 0. The predicted molar refractivity (Wildman–Crippen MR) is 126 cm³/mol. The molecule has 1 aliphatic carbocycles. The van der Waals surface area contributed by atoms with Crippen LogP contribution in [0.3, 0.4) is 0 Å². The molecule has 4 rings (SSSR count). The van der Waals surface area contributed by atoms with Crippen molar-refractivity contribution in [3.63, 3.8) is 0 Å². The molecule has 0 aliphatic heterocycles. The third kappa shape index (κ3) is 4.93. The minimum atomic E-state index is -3.01. The number of ketones is 1. The molecular weight excluding hydrogens is 406 g/mol. The van der Waals surface area contributed by atoms with Gasteiger partial charge in [-0.05, 0) is 80.7 Å². The van der Waals surface area contributed by atoms with Gasteiger partial charge in [0.25, 0.3) is 0 Å². The zero-order valence-electron chi connectivity index (χ0n) is 18.3. The summed E-state index contributed by atoms with van der Waals surface area (Å²) in [7, 11) is -3.01. The van der Waals surface area contributed by atoms with E-state index in [1.807, 2.05) is 24.3 Å². The normalized spacial score (nSPS) is 19.7. The number of benzene rings is 2. The Balaban J connectivity index is 1.34. The van der Waals surface area contributed by atoms with E-state index < -0.39 is 9.84 Å². The molecule has 0 bridgehead atoms. The summed E-state index contributed by atoms with van der Waals surface area (Å²) in [5.74, 6) is 0.809. The van der Waals surface area contributed by atoms with Gasteiger partial charge in [0.05, 0.1) is 16.5 Å². The Kier molecular flexibility index (Phi) is 6.33. The molecule has 0 spiro atoms. The highest BCUT2D eigenvalue weighted by Crippen LogP contribution is 2.31. The number of hydrogen-bond donors (Lipinski definition) is 0. The molecule has 1 aromatic heterocycles. The maximum atomic E-state index is 12.8. The first-order chi connectivity index (χ1) is 14.8. The number of para-hydroxylation sites is 1. The second kappa shape index (κ2) is 8.99. The van der Waals surface area contributed by atoms with E-state index in [1.54, 1.807) is 13.8 Å². The van der Waals surface area contributed by atoms with Crippen LogP contribution in [0, 0.1) is 11.8 Å². The lowest BCUT2D eigenvalue weighted by molar-refractivity contribution is -0.123. The van der Waals surface area contributed by atoms with E-state index in [1.165, 1.54) is 10.9 Å². The number of aromatic nitrogens is 1. The van der Waals surface area contributed by atoms with Crippen molar-refractivity contribution in [2.45, 2.75) is 51.2 Å². The number of sulfone groups is 1. The molecule has 0 N–H and O–H groups in total. The van der Waals surface area contributed by atoms with Gasteiger partial charge in [0.1, 0.15) is 5.78 Å². The summed E-state index contributed by atoms with van der Waals surface area (Å²) in [5, 5.41) is 0.887. The molecule has 0 amide bonds. The number of fused-ring (bicyclic) bond motifs is 1. The van der Waals surface area contributed by atoms with Crippen LogP contribution < -0.4 is 0 Å². The van der Waals surface area contributed by atoms with E-state index >= 15 is 0 Å². The molecule has 1 aliphatic rings. The van der Waals surface area contributed by atoms with Crippen LogP contribution in [0.5, 0.6) is 0 Å². The van der Waals surface area contributed by atoms with Crippen LogP contribution in [0.2, 0.25) is 0 Å². The molecule has 4 nitrogen and oxygen atoms in total. The smallest absolute Gasteiger partial charge is 0.152 e. The highest BCUT2D eigenvalue weighted by atomic mass is 32.2. The summed E-state index contributed by atoms with van der Waals surface area (Å²) in [6.07, 6.45) is 5.81. The van der Waals surface area contributed by atoms with Crippen molar-refractivity contribution in [2.24, 2.45) is 11.8 Å². The fraction of sp³-hybridized carbons (Fsp3) is 0.423. The lowest BCUT2D eigenvalue weighted by Gasteiger charge is -2.28. The largest absolute Gasteiger partial charge is 0.317 e. The second-order valence-corrected chi connectivity index (χ2v) is 11.8.